The van der Waals surface area contributed by atoms with E-state index < -0.39 is 17.4 Å². The lowest BCUT2D eigenvalue weighted by Crippen LogP contribution is -2.42. The van der Waals surface area contributed by atoms with Gasteiger partial charge in [-0.1, -0.05) is 33.6 Å². The molecule has 0 aromatic carbocycles. The van der Waals surface area contributed by atoms with Crippen molar-refractivity contribution in [2.75, 3.05) is 19.8 Å². The topological polar surface area (TPSA) is 61.8 Å². The Labute approximate surface area is 133 Å². The van der Waals surface area contributed by atoms with E-state index in [0.717, 1.165) is 32.1 Å². The van der Waals surface area contributed by atoms with Gasteiger partial charge in [0.2, 0.25) is 0 Å². The molecular formula is C17H30O5. The molecule has 128 valence electrons. The van der Waals surface area contributed by atoms with Gasteiger partial charge in [-0.05, 0) is 32.1 Å². The van der Waals surface area contributed by atoms with Gasteiger partial charge in [-0.2, -0.15) is 0 Å². The normalized spacial score (nSPS) is 18.2. The van der Waals surface area contributed by atoms with Crippen LogP contribution in [0.2, 0.25) is 0 Å². The van der Waals surface area contributed by atoms with E-state index in [4.69, 9.17) is 14.2 Å². The number of carbonyl (C=O) groups excluding carboxylic acids is 2. The third-order valence-electron chi connectivity index (χ3n) is 4.39. The molecular weight excluding hydrogens is 284 g/mol. The molecule has 0 saturated carbocycles. The zero-order chi connectivity index (χ0) is 16.4. The maximum Gasteiger partial charge on any atom is 0.323 e. The van der Waals surface area contributed by atoms with Crippen LogP contribution < -0.4 is 0 Å². The first-order valence-electron chi connectivity index (χ1n) is 8.56. The van der Waals surface area contributed by atoms with Gasteiger partial charge in [-0.15, -0.1) is 0 Å². The van der Waals surface area contributed by atoms with E-state index in [0.29, 0.717) is 26.1 Å². The van der Waals surface area contributed by atoms with E-state index in [9.17, 15) is 9.59 Å². The van der Waals surface area contributed by atoms with E-state index in [2.05, 4.69) is 6.92 Å². The molecule has 0 aromatic heterocycles. The second-order valence-electron chi connectivity index (χ2n) is 5.87. The van der Waals surface area contributed by atoms with Crippen LogP contribution in [0.3, 0.4) is 0 Å². The highest BCUT2D eigenvalue weighted by molar-refractivity contribution is 6.00. The average molecular weight is 314 g/mol. The fourth-order valence-corrected chi connectivity index (χ4v) is 2.65. The Hall–Kier alpha value is -1.10. The van der Waals surface area contributed by atoms with Gasteiger partial charge in [-0.3, -0.25) is 9.59 Å². The first-order chi connectivity index (χ1) is 10.6. The van der Waals surface area contributed by atoms with Gasteiger partial charge in [0.1, 0.15) is 6.61 Å². The molecule has 0 aromatic rings. The zero-order valence-corrected chi connectivity index (χ0v) is 14.2. The lowest BCUT2D eigenvalue weighted by atomic mass is 9.82. The zero-order valence-electron chi connectivity index (χ0n) is 14.2. The number of carbonyl (C=O) groups is 2. The number of unbranched alkanes of at least 4 members (excludes halogenated alkanes) is 2. The average Bonchev–Trinajstić information content (AvgIpc) is 3.04. The highest BCUT2D eigenvalue weighted by atomic mass is 16.6. The highest BCUT2D eigenvalue weighted by Gasteiger charge is 2.46. The van der Waals surface area contributed by atoms with Crippen LogP contribution in [0, 0.1) is 5.41 Å². The fourth-order valence-electron chi connectivity index (χ4n) is 2.65. The Bertz CT molecular complexity index is 343. The molecule has 1 unspecified atom stereocenters. The van der Waals surface area contributed by atoms with E-state index in [1.54, 1.807) is 0 Å². The Kier molecular flexibility index (Phi) is 8.46. The van der Waals surface area contributed by atoms with E-state index in [1.807, 2.05) is 13.8 Å². The summed E-state index contributed by atoms with van der Waals surface area (Å²) in [6, 6.07) is 0. The van der Waals surface area contributed by atoms with Crippen LogP contribution in [0.15, 0.2) is 0 Å². The lowest BCUT2D eigenvalue weighted by Gasteiger charge is -2.27. The van der Waals surface area contributed by atoms with E-state index >= 15 is 0 Å². The summed E-state index contributed by atoms with van der Waals surface area (Å²) in [5.41, 5.74) is -1.18. The van der Waals surface area contributed by atoms with Gasteiger partial charge >= 0.3 is 11.9 Å². The number of esters is 2. The van der Waals surface area contributed by atoms with Gasteiger partial charge in [-0.25, -0.2) is 0 Å². The van der Waals surface area contributed by atoms with Crippen LogP contribution >= 0.6 is 0 Å². The summed E-state index contributed by atoms with van der Waals surface area (Å²) in [5, 5.41) is 0. The van der Waals surface area contributed by atoms with Crippen molar-refractivity contribution in [3.63, 3.8) is 0 Å². The van der Waals surface area contributed by atoms with Crippen LogP contribution in [0.5, 0.6) is 0 Å². The van der Waals surface area contributed by atoms with Crippen molar-refractivity contribution in [1.29, 1.82) is 0 Å². The highest BCUT2D eigenvalue weighted by Crippen LogP contribution is 2.30. The predicted molar refractivity (Wildman–Crippen MR) is 83.4 cm³/mol. The van der Waals surface area contributed by atoms with Crippen molar-refractivity contribution in [1.82, 2.24) is 0 Å². The van der Waals surface area contributed by atoms with Crippen LogP contribution in [0.1, 0.15) is 65.7 Å². The summed E-state index contributed by atoms with van der Waals surface area (Å²) >= 11 is 0. The molecule has 1 heterocycles. The molecule has 5 nitrogen and oxygen atoms in total. The molecule has 0 N–H and O–H groups in total. The van der Waals surface area contributed by atoms with Gasteiger partial charge < -0.3 is 14.2 Å². The van der Waals surface area contributed by atoms with Crippen molar-refractivity contribution >= 4 is 11.9 Å². The molecule has 0 spiro atoms. The quantitative estimate of drug-likeness (QED) is 0.352. The summed E-state index contributed by atoms with van der Waals surface area (Å²) in [4.78, 5) is 24.8. The number of rotatable bonds is 10. The van der Waals surface area contributed by atoms with Crippen molar-refractivity contribution in [3.05, 3.63) is 0 Å². The Balaban J connectivity index is 2.54. The van der Waals surface area contributed by atoms with Crippen molar-refractivity contribution < 1.29 is 23.8 Å². The molecule has 1 atom stereocenters. The smallest absolute Gasteiger partial charge is 0.323 e. The standard InChI is InChI=1S/C17H30O5/c1-4-7-8-11-21-15(18)17(5-2,6-3)16(19)22-13-14-10-9-12-20-14/h14H,4-13H2,1-3H3. The Morgan fingerprint density at radius 1 is 1.09 bits per heavy atom. The molecule has 5 heteroatoms. The SMILES string of the molecule is CCCCCOC(=O)C(CC)(CC)C(=O)OCC1CCCO1. The number of hydrogen-bond acceptors (Lipinski definition) is 5. The minimum absolute atomic E-state index is 0.0315. The molecule has 1 aliphatic heterocycles. The maximum atomic E-state index is 12.4. The summed E-state index contributed by atoms with van der Waals surface area (Å²) in [6.45, 7) is 7.05. The molecule has 0 aliphatic carbocycles. The van der Waals surface area contributed by atoms with Crippen LogP contribution in [0.25, 0.3) is 0 Å². The molecule has 1 rings (SSSR count). The minimum Gasteiger partial charge on any atom is -0.465 e. The number of hydrogen-bond donors (Lipinski definition) is 0. The molecule has 0 amide bonds. The predicted octanol–water partition coefficient (Wildman–Crippen LogP) is 3.25. The van der Waals surface area contributed by atoms with Crippen LogP contribution in [-0.4, -0.2) is 37.9 Å². The largest absolute Gasteiger partial charge is 0.465 e. The Morgan fingerprint density at radius 3 is 2.32 bits per heavy atom. The first-order valence-corrected chi connectivity index (χ1v) is 8.56. The fraction of sp³-hybridized carbons (Fsp3) is 0.882. The second kappa shape index (κ2) is 9.82. The molecule has 1 aliphatic rings. The molecule has 1 saturated heterocycles. The molecule has 0 bridgehead atoms. The van der Waals surface area contributed by atoms with Crippen LogP contribution in [-0.2, 0) is 23.8 Å². The van der Waals surface area contributed by atoms with E-state index in [-0.39, 0.29) is 12.7 Å². The molecule has 0 radical (unpaired) electrons. The molecule has 22 heavy (non-hydrogen) atoms. The van der Waals surface area contributed by atoms with Crippen molar-refractivity contribution in [2.45, 2.75) is 71.8 Å². The third-order valence-corrected chi connectivity index (χ3v) is 4.39. The van der Waals surface area contributed by atoms with Gasteiger partial charge in [0, 0.05) is 6.61 Å². The lowest BCUT2D eigenvalue weighted by molar-refractivity contribution is -0.175. The monoisotopic (exact) mass is 314 g/mol. The van der Waals surface area contributed by atoms with Gasteiger partial charge in [0.15, 0.2) is 5.41 Å². The minimum atomic E-state index is -1.18. The van der Waals surface area contributed by atoms with Crippen LogP contribution in [0.4, 0.5) is 0 Å². The van der Waals surface area contributed by atoms with Gasteiger partial charge in [0.05, 0.1) is 12.7 Å². The summed E-state index contributed by atoms with van der Waals surface area (Å²) in [5.74, 6) is -0.931. The maximum absolute atomic E-state index is 12.4. The van der Waals surface area contributed by atoms with Gasteiger partial charge in [0.25, 0.3) is 0 Å². The summed E-state index contributed by atoms with van der Waals surface area (Å²) < 4.78 is 16.1. The Morgan fingerprint density at radius 2 is 1.77 bits per heavy atom. The first kappa shape index (κ1) is 18.9. The van der Waals surface area contributed by atoms with Crippen molar-refractivity contribution in [2.24, 2.45) is 5.41 Å². The van der Waals surface area contributed by atoms with Crippen molar-refractivity contribution in [3.8, 4) is 0 Å². The molecule has 1 fully saturated rings. The summed E-state index contributed by atoms with van der Waals surface area (Å²) in [7, 11) is 0. The van der Waals surface area contributed by atoms with E-state index in [1.165, 1.54) is 0 Å². The second-order valence-corrected chi connectivity index (χ2v) is 5.87. The summed E-state index contributed by atoms with van der Waals surface area (Å²) in [6.07, 6.45) is 5.55. The third kappa shape index (κ3) is 4.97. The number of ether oxygens (including phenoxy) is 3.